The molecule has 4 aromatic rings. The van der Waals surface area contributed by atoms with Crippen molar-refractivity contribution in [2.45, 2.75) is 19.6 Å². The summed E-state index contributed by atoms with van der Waals surface area (Å²) in [5.41, 5.74) is 1.08. The minimum atomic E-state index is -0.342. The molecule has 3 aromatic heterocycles. The molecule has 3 heterocycles. The van der Waals surface area contributed by atoms with Crippen LogP contribution in [0.25, 0.3) is 10.9 Å². The second-order valence-electron chi connectivity index (χ2n) is 5.94. The van der Waals surface area contributed by atoms with E-state index in [0.717, 1.165) is 10.9 Å². The maximum atomic E-state index is 12.3. The van der Waals surface area contributed by atoms with Gasteiger partial charge in [0.2, 0.25) is 5.89 Å². The van der Waals surface area contributed by atoms with Gasteiger partial charge in [0, 0.05) is 24.0 Å². The van der Waals surface area contributed by atoms with Gasteiger partial charge in [0.25, 0.3) is 5.91 Å². The van der Waals surface area contributed by atoms with Crippen LogP contribution in [-0.4, -0.2) is 25.8 Å². The standard InChI is InChI=1S/C19H17N5O3/c1-12(18-21-7-8-22-18)23-19(25)16-10-27-17(24-16)11-26-14-4-5-15-13(9-14)3-2-6-20-15/h2-10,12H,11H2,1H3,(H,21,22)(H,23,25)/t12-/m0/s1. The van der Waals surface area contributed by atoms with Crippen LogP contribution >= 0.6 is 0 Å². The number of hydrogen-bond donors (Lipinski definition) is 2. The summed E-state index contributed by atoms with van der Waals surface area (Å²) in [5, 5.41) is 3.78. The molecule has 1 amide bonds. The van der Waals surface area contributed by atoms with E-state index in [1.807, 2.05) is 37.3 Å². The second-order valence-corrected chi connectivity index (χ2v) is 5.94. The number of nitrogens with zero attached hydrogens (tertiary/aromatic N) is 3. The molecule has 0 aliphatic rings. The third-order valence-electron chi connectivity index (χ3n) is 4.00. The Labute approximate surface area is 154 Å². The van der Waals surface area contributed by atoms with E-state index in [9.17, 15) is 4.79 Å². The number of rotatable bonds is 6. The average molecular weight is 363 g/mol. The van der Waals surface area contributed by atoms with E-state index in [1.165, 1.54) is 6.26 Å². The third kappa shape index (κ3) is 3.79. The number of imidazole rings is 1. The van der Waals surface area contributed by atoms with E-state index in [4.69, 9.17) is 9.15 Å². The number of hydrogen-bond acceptors (Lipinski definition) is 6. The number of ether oxygens (including phenoxy) is 1. The Morgan fingerprint density at radius 1 is 1.30 bits per heavy atom. The van der Waals surface area contributed by atoms with E-state index in [1.54, 1.807) is 18.6 Å². The van der Waals surface area contributed by atoms with Gasteiger partial charge in [-0.05, 0) is 31.2 Å². The van der Waals surface area contributed by atoms with Crippen molar-refractivity contribution < 1.29 is 13.9 Å². The molecular weight excluding hydrogens is 346 g/mol. The zero-order valence-electron chi connectivity index (χ0n) is 14.5. The van der Waals surface area contributed by atoms with E-state index in [2.05, 4.69) is 25.3 Å². The first kappa shape index (κ1) is 16.8. The number of amides is 1. The summed E-state index contributed by atoms with van der Waals surface area (Å²) < 4.78 is 11.0. The fourth-order valence-corrected chi connectivity index (χ4v) is 2.62. The highest BCUT2D eigenvalue weighted by molar-refractivity contribution is 5.92. The van der Waals surface area contributed by atoms with Crippen molar-refractivity contribution in [3.63, 3.8) is 0 Å². The Kier molecular flexibility index (Phi) is 4.52. The molecule has 0 fully saturated rings. The van der Waals surface area contributed by atoms with Crippen LogP contribution in [0.2, 0.25) is 0 Å². The Morgan fingerprint density at radius 2 is 2.22 bits per heavy atom. The first-order valence-electron chi connectivity index (χ1n) is 8.41. The molecule has 8 nitrogen and oxygen atoms in total. The molecule has 0 aliphatic carbocycles. The van der Waals surface area contributed by atoms with Gasteiger partial charge in [0.1, 0.15) is 17.8 Å². The predicted octanol–water partition coefficient (Wildman–Crippen LogP) is 3.02. The monoisotopic (exact) mass is 363 g/mol. The fourth-order valence-electron chi connectivity index (χ4n) is 2.62. The van der Waals surface area contributed by atoms with Crippen LogP contribution < -0.4 is 10.1 Å². The van der Waals surface area contributed by atoms with Gasteiger partial charge in [0.05, 0.1) is 11.6 Å². The second kappa shape index (κ2) is 7.28. The summed E-state index contributed by atoms with van der Waals surface area (Å²) in [6, 6.07) is 9.17. The lowest BCUT2D eigenvalue weighted by Crippen LogP contribution is -2.27. The fraction of sp³-hybridized carbons (Fsp3) is 0.158. The van der Waals surface area contributed by atoms with Gasteiger partial charge >= 0.3 is 0 Å². The molecule has 0 bridgehead atoms. The minimum absolute atomic E-state index is 0.118. The topological polar surface area (TPSA) is 106 Å². The molecule has 0 saturated heterocycles. The molecule has 1 atom stereocenters. The highest BCUT2D eigenvalue weighted by Crippen LogP contribution is 2.20. The molecule has 0 spiro atoms. The quantitative estimate of drug-likeness (QED) is 0.545. The van der Waals surface area contributed by atoms with Gasteiger partial charge in [-0.25, -0.2) is 9.97 Å². The molecule has 8 heteroatoms. The Balaban J connectivity index is 1.37. The van der Waals surface area contributed by atoms with Crippen LogP contribution in [-0.2, 0) is 6.61 Å². The lowest BCUT2D eigenvalue weighted by Gasteiger charge is -2.09. The summed E-state index contributed by atoms with van der Waals surface area (Å²) in [4.78, 5) is 27.8. The SMILES string of the molecule is C[C@H](NC(=O)c1coc(COc2ccc3ncccc3c2)n1)c1ncc[nH]1. The molecule has 136 valence electrons. The van der Waals surface area contributed by atoms with Gasteiger partial charge in [0.15, 0.2) is 12.3 Å². The summed E-state index contributed by atoms with van der Waals surface area (Å²) in [5.74, 6) is 1.31. The zero-order chi connectivity index (χ0) is 18.6. The lowest BCUT2D eigenvalue weighted by atomic mass is 10.2. The number of aromatic nitrogens is 4. The predicted molar refractivity (Wildman–Crippen MR) is 97.0 cm³/mol. The first-order valence-corrected chi connectivity index (χ1v) is 8.41. The van der Waals surface area contributed by atoms with Crippen molar-refractivity contribution in [3.8, 4) is 5.75 Å². The summed E-state index contributed by atoms with van der Waals surface area (Å²) in [6.45, 7) is 1.95. The number of oxazole rings is 1. The van der Waals surface area contributed by atoms with Gasteiger partial charge in [-0.15, -0.1) is 0 Å². The summed E-state index contributed by atoms with van der Waals surface area (Å²) in [6.07, 6.45) is 6.39. The average Bonchev–Trinajstić information content (AvgIpc) is 3.38. The number of nitrogens with one attached hydrogen (secondary N) is 2. The van der Waals surface area contributed by atoms with Crippen LogP contribution in [0, 0.1) is 0 Å². The molecule has 4 rings (SSSR count). The van der Waals surface area contributed by atoms with Gasteiger partial charge in [-0.2, -0.15) is 0 Å². The number of carbonyl (C=O) groups excluding carboxylic acids is 1. The van der Waals surface area contributed by atoms with Crippen molar-refractivity contribution in [2.24, 2.45) is 0 Å². The molecule has 0 unspecified atom stereocenters. The molecular formula is C19H17N5O3. The number of fused-ring (bicyclic) bond motifs is 1. The van der Waals surface area contributed by atoms with Crippen molar-refractivity contribution in [1.29, 1.82) is 0 Å². The number of H-pyrrole nitrogens is 1. The van der Waals surface area contributed by atoms with Crippen LogP contribution in [0.5, 0.6) is 5.75 Å². The largest absolute Gasteiger partial charge is 0.484 e. The summed E-state index contributed by atoms with van der Waals surface area (Å²) >= 11 is 0. The molecule has 0 saturated carbocycles. The molecule has 0 radical (unpaired) electrons. The maximum Gasteiger partial charge on any atom is 0.273 e. The van der Waals surface area contributed by atoms with Crippen molar-refractivity contribution in [2.75, 3.05) is 0 Å². The van der Waals surface area contributed by atoms with Gasteiger partial charge < -0.3 is 19.5 Å². The number of pyridine rings is 1. The van der Waals surface area contributed by atoms with Crippen LogP contribution in [0.1, 0.15) is 35.2 Å². The molecule has 0 aliphatic heterocycles. The van der Waals surface area contributed by atoms with Gasteiger partial charge in [-0.3, -0.25) is 9.78 Å². The van der Waals surface area contributed by atoms with Crippen LogP contribution in [0.4, 0.5) is 0 Å². The highest BCUT2D eigenvalue weighted by Gasteiger charge is 2.17. The van der Waals surface area contributed by atoms with Crippen LogP contribution in [0.15, 0.2) is 59.6 Å². The highest BCUT2D eigenvalue weighted by atomic mass is 16.5. The number of carbonyl (C=O) groups is 1. The van der Waals surface area contributed by atoms with Gasteiger partial charge in [-0.1, -0.05) is 6.07 Å². The Morgan fingerprint density at radius 3 is 3.07 bits per heavy atom. The first-order chi connectivity index (χ1) is 13.2. The normalized spacial score (nSPS) is 12.0. The molecule has 27 heavy (non-hydrogen) atoms. The smallest absolute Gasteiger partial charge is 0.273 e. The third-order valence-corrected chi connectivity index (χ3v) is 4.00. The van der Waals surface area contributed by atoms with Crippen LogP contribution in [0.3, 0.4) is 0 Å². The Bertz CT molecular complexity index is 1060. The molecule has 2 N–H and O–H groups in total. The van der Waals surface area contributed by atoms with Crippen molar-refractivity contribution in [3.05, 3.63) is 72.6 Å². The van der Waals surface area contributed by atoms with E-state index < -0.39 is 0 Å². The number of aromatic amines is 1. The zero-order valence-corrected chi connectivity index (χ0v) is 14.5. The van der Waals surface area contributed by atoms with E-state index in [-0.39, 0.29) is 24.2 Å². The van der Waals surface area contributed by atoms with Crippen molar-refractivity contribution in [1.82, 2.24) is 25.3 Å². The maximum absolute atomic E-state index is 12.3. The van der Waals surface area contributed by atoms with E-state index in [0.29, 0.717) is 17.5 Å². The lowest BCUT2D eigenvalue weighted by molar-refractivity contribution is 0.0933. The Hall–Kier alpha value is -3.68. The molecule has 1 aromatic carbocycles. The van der Waals surface area contributed by atoms with Crippen molar-refractivity contribution >= 4 is 16.8 Å². The minimum Gasteiger partial charge on any atom is -0.484 e. The summed E-state index contributed by atoms with van der Waals surface area (Å²) in [7, 11) is 0. The number of benzene rings is 1. The van der Waals surface area contributed by atoms with E-state index >= 15 is 0 Å².